The van der Waals surface area contributed by atoms with Gasteiger partial charge in [-0.05, 0) is 58.7 Å². The van der Waals surface area contributed by atoms with E-state index in [9.17, 15) is 0 Å². The van der Waals surface area contributed by atoms with Crippen molar-refractivity contribution in [2.24, 2.45) is 0 Å². The molecule has 0 unspecified atom stereocenters. The Hall–Kier alpha value is -4.99. The zero-order chi connectivity index (χ0) is 26.5. The fourth-order valence-corrected chi connectivity index (χ4v) is 6.63. The van der Waals surface area contributed by atoms with Crippen LogP contribution < -0.4 is 0 Å². The van der Waals surface area contributed by atoms with E-state index in [0.29, 0.717) is 0 Å². The first-order chi connectivity index (χ1) is 19.8. The number of benzene rings is 6. The average molecular weight is 529 g/mol. The van der Waals surface area contributed by atoms with E-state index >= 15 is 0 Å². The molecule has 0 amide bonds. The van der Waals surface area contributed by atoms with Crippen LogP contribution >= 0.6 is 11.3 Å². The third kappa shape index (κ3) is 3.83. The average Bonchev–Trinajstić information content (AvgIpc) is 3.61. The van der Waals surface area contributed by atoms with Crippen LogP contribution in [0, 0.1) is 0 Å². The van der Waals surface area contributed by atoms with Gasteiger partial charge in [-0.15, -0.1) is 11.3 Å². The molecule has 0 aliphatic heterocycles. The van der Waals surface area contributed by atoms with Crippen LogP contribution in [0.1, 0.15) is 0 Å². The van der Waals surface area contributed by atoms with E-state index in [2.05, 4.69) is 144 Å². The highest BCUT2D eigenvalue weighted by Crippen LogP contribution is 2.34. The molecule has 0 atom stereocenters. The molecule has 6 aromatic carbocycles. The summed E-state index contributed by atoms with van der Waals surface area (Å²) >= 11 is 1.74. The molecule has 2 aromatic heterocycles. The van der Waals surface area contributed by atoms with E-state index in [4.69, 9.17) is 4.98 Å². The van der Waals surface area contributed by atoms with Crippen LogP contribution in [0.5, 0.6) is 0 Å². The molecule has 0 radical (unpaired) electrons. The summed E-state index contributed by atoms with van der Waals surface area (Å²) in [4.78, 5) is 4.80. The van der Waals surface area contributed by atoms with Crippen molar-refractivity contribution >= 4 is 43.4 Å². The molecule has 3 heteroatoms. The summed E-state index contributed by atoms with van der Waals surface area (Å²) in [6.45, 7) is 0. The second-order valence-electron chi connectivity index (χ2n) is 10.1. The van der Waals surface area contributed by atoms with Gasteiger partial charge in [0.2, 0.25) is 0 Å². The van der Waals surface area contributed by atoms with Gasteiger partial charge in [0.15, 0.2) is 0 Å². The first-order valence-corrected chi connectivity index (χ1v) is 14.3. The lowest BCUT2D eigenvalue weighted by Gasteiger charge is -2.10. The summed E-state index contributed by atoms with van der Waals surface area (Å²) in [7, 11) is 0. The number of nitrogens with zero attached hydrogens (tertiary/aromatic N) is 2. The Labute approximate surface area is 236 Å². The van der Waals surface area contributed by atoms with Gasteiger partial charge in [-0.1, -0.05) is 109 Å². The molecular formula is C37H24N2S. The van der Waals surface area contributed by atoms with E-state index < -0.39 is 0 Å². The minimum atomic E-state index is 1.06. The Balaban J connectivity index is 1.07. The topological polar surface area (TPSA) is 17.8 Å². The van der Waals surface area contributed by atoms with Crippen molar-refractivity contribution in [3.05, 3.63) is 146 Å². The van der Waals surface area contributed by atoms with E-state index in [-0.39, 0.29) is 0 Å². The number of hydrogen-bond acceptors (Lipinski definition) is 2. The lowest BCUT2D eigenvalue weighted by molar-refractivity contribution is 1.18. The molecular weight excluding hydrogens is 504 g/mol. The van der Waals surface area contributed by atoms with Gasteiger partial charge in [0.25, 0.3) is 0 Å². The van der Waals surface area contributed by atoms with Crippen molar-refractivity contribution in [3.63, 3.8) is 0 Å². The van der Waals surface area contributed by atoms with Gasteiger partial charge in [0.05, 0.1) is 21.3 Å². The van der Waals surface area contributed by atoms with Crippen LogP contribution in [-0.4, -0.2) is 9.55 Å². The molecule has 0 saturated carbocycles. The summed E-state index contributed by atoms with van der Waals surface area (Å²) in [6.07, 6.45) is 0. The summed E-state index contributed by atoms with van der Waals surface area (Å²) in [6, 6.07) is 52.1. The fourth-order valence-electron chi connectivity index (χ4n) is 5.66. The van der Waals surface area contributed by atoms with Crippen molar-refractivity contribution in [1.29, 1.82) is 0 Å². The van der Waals surface area contributed by atoms with Crippen LogP contribution in [0.15, 0.2) is 146 Å². The lowest BCUT2D eigenvalue weighted by atomic mass is 9.99. The standard InChI is InChI=1S/C37H24N2S/c1-4-10-34-31(7-1)32-8-2-5-11-35(32)39(34)30-23-21-28(22-24-30)26-15-13-25(14-16-26)27-17-19-29(20-18-27)37-38-33-9-3-6-12-36(33)40-37/h1-24H. The van der Waals surface area contributed by atoms with Crippen molar-refractivity contribution in [3.8, 4) is 38.5 Å². The maximum Gasteiger partial charge on any atom is 0.124 e. The molecule has 0 N–H and O–H groups in total. The number of rotatable bonds is 4. The highest BCUT2D eigenvalue weighted by atomic mass is 32.1. The first kappa shape index (κ1) is 22.9. The summed E-state index contributed by atoms with van der Waals surface area (Å²) in [5.74, 6) is 0. The number of para-hydroxylation sites is 3. The zero-order valence-electron chi connectivity index (χ0n) is 21.7. The SMILES string of the molecule is c1ccc2sc(-c3ccc(-c4ccc(-c5ccc(-n6c7ccccc7c7ccccc76)cc5)cc4)cc3)nc2c1. The molecule has 0 aliphatic carbocycles. The molecule has 8 rings (SSSR count). The smallest absolute Gasteiger partial charge is 0.124 e. The van der Waals surface area contributed by atoms with Crippen molar-refractivity contribution < 1.29 is 0 Å². The lowest BCUT2D eigenvalue weighted by Crippen LogP contribution is -1.93. The third-order valence-corrected chi connectivity index (χ3v) is 8.77. The van der Waals surface area contributed by atoms with Crippen LogP contribution in [0.2, 0.25) is 0 Å². The normalized spacial score (nSPS) is 11.5. The second kappa shape index (κ2) is 9.33. The monoisotopic (exact) mass is 528 g/mol. The molecule has 2 heterocycles. The molecule has 2 nitrogen and oxygen atoms in total. The minimum absolute atomic E-state index is 1.06. The number of aromatic nitrogens is 2. The number of hydrogen-bond donors (Lipinski definition) is 0. The zero-order valence-corrected chi connectivity index (χ0v) is 22.5. The minimum Gasteiger partial charge on any atom is -0.309 e. The Morgan fingerprint density at radius 2 is 0.875 bits per heavy atom. The highest BCUT2D eigenvalue weighted by molar-refractivity contribution is 7.21. The molecule has 0 saturated heterocycles. The van der Waals surface area contributed by atoms with Gasteiger partial charge in [0.1, 0.15) is 5.01 Å². The van der Waals surface area contributed by atoms with Crippen LogP contribution in [0.3, 0.4) is 0 Å². The second-order valence-corrected chi connectivity index (χ2v) is 11.1. The highest BCUT2D eigenvalue weighted by Gasteiger charge is 2.12. The number of fused-ring (bicyclic) bond motifs is 4. The predicted octanol–water partition coefficient (Wildman–Crippen LogP) is 10.4. The van der Waals surface area contributed by atoms with Crippen LogP contribution in [0.4, 0.5) is 0 Å². The molecule has 0 aliphatic rings. The summed E-state index contributed by atoms with van der Waals surface area (Å²) < 4.78 is 3.58. The van der Waals surface area contributed by atoms with Gasteiger partial charge in [-0.25, -0.2) is 4.98 Å². The predicted molar refractivity (Wildman–Crippen MR) is 170 cm³/mol. The van der Waals surface area contributed by atoms with Crippen LogP contribution in [0.25, 0.3) is 70.5 Å². The molecule has 0 fully saturated rings. The molecule has 40 heavy (non-hydrogen) atoms. The molecule has 188 valence electrons. The van der Waals surface area contributed by atoms with Crippen molar-refractivity contribution in [1.82, 2.24) is 9.55 Å². The Morgan fingerprint density at radius 1 is 0.425 bits per heavy atom. The van der Waals surface area contributed by atoms with Crippen molar-refractivity contribution in [2.75, 3.05) is 0 Å². The first-order valence-electron chi connectivity index (χ1n) is 13.5. The fraction of sp³-hybridized carbons (Fsp3) is 0. The maximum atomic E-state index is 4.80. The van der Waals surface area contributed by atoms with Crippen LogP contribution in [-0.2, 0) is 0 Å². The van der Waals surface area contributed by atoms with Gasteiger partial charge >= 0.3 is 0 Å². The van der Waals surface area contributed by atoms with Gasteiger partial charge in [-0.2, -0.15) is 0 Å². The summed E-state index contributed by atoms with van der Waals surface area (Å²) in [5.41, 5.74) is 10.7. The van der Waals surface area contributed by atoms with Gasteiger partial charge in [-0.3, -0.25) is 0 Å². The number of thiazole rings is 1. The summed E-state index contributed by atoms with van der Waals surface area (Å²) in [5, 5.41) is 3.63. The molecule has 0 bridgehead atoms. The van der Waals surface area contributed by atoms with Gasteiger partial charge < -0.3 is 4.57 Å². The van der Waals surface area contributed by atoms with E-state index in [1.807, 2.05) is 6.07 Å². The van der Waals surface area contributed by atoms with E-state index in [0.717, 1.165) is 16.1 Å². The van der Waals surface area contributed by atoms with E-state index in [1.165, 1.54) is 54.4 Å². The third-order valence-electron chi connectivity index (χ3n) is 7.68. The molecule has 8 aromatic rings. The Morgan fingerprint density at radius 3 is 1.43 bits per heavy atom. The Kier molecular flexibility index (Phi) is 5.35. The maximum absolute atomic E-state index is 4.80. The largest absolute Gasteiger partial charge is 0.309 e. The van der Waals surface area contributed by atoms with E-state index in [1.54, 1.807) is 11.3 Å². The van der Waals surface area contributed by atoms with Gasteiger partial charge in [0, 0.05) is 22.0 Å². The molecule has 0 spiro atoms. The quantitative estimate of drug-likeness (QED) is 0.222. The Bertz CT molecular complexity index is 2040. The van der Waals surface area contributed by atoms with Crippen molar-refractivity contribution in [2.45, 2.75) is 0 Å².